The van der Waals surface area contributed by atoms with Crippen molar-refractivity contribution in [2.75, 3.05) is 5.32 Å². The Morgan fingerprint density at radius 3 is 2.59 bits per heavy atom. The maximum atomic E-state index is 10.2. The molecule has 0 saturated heterocycles. The van der Waals surface area contributed by atoms with Gasteiger partial charge in [0, 0.05) is 30.2 Å². The molecule has 0 saturated carbocycles. The third kappa shape index (κ3) is 3.21. The molecule has 1 radical (unpaired) electrons. The normalized spacial score (nSPS) is 10.0. The van der Waals surface area contributed by atoms with Gasteiger partial charge in [0.15, 0.2) is 0 Å². The van der Waals surface area contributed by atoms with Crippen LogP contribution in [0, 0.1) is 0 Å². The van der Waals surface area contributed by atoms with Crippen LogP contribution in [-0.2, 0) is 4.79 Å². The zero-order chi connectivity index (χ0) is 15.2. The zero-order valence-electron chi connectivity index (χ0n) is 11.3. The lowest BCUT2D eigenvalue weighted by molar-refractivity contribution is 0.480. The minimum Gasteiger partial charge on any atom is -0.456 e. The van der Waals surface area contributed by atoms with Crippen molar-refractivity contribution in [2.24, 2.45) is 0 Å². The lowest BCUT2D eigenvalue weighted by Crippen LogP contribution is -1.96. The molecule has 0 fully saturated rings. The van der Waals surface area contributed by atoms with E-state index < -0.39 is 0 Å². The summed E-state index contributed by atoms with van der Waals surface area (Å²) in [5.41, 5.74) is 1.51. The molecule has 0 atom stereocenters. The van der Waals surface area contributed by atoms with Crippen molar-refractivity contribution in [3.63, 3.8) is 0 Å². The van der Waals surface area contributed by atoms with Gasteiger partial charge in [-0.05, 0) is 18.2 Å². The van der Waals surface area contributed by atoms with Gasteiger partial charge in [-0.3, -0.25) is 9.78 Å². The number of nitrogens with zero attached hydrogens (tertiary/aromatic N) is 4. The van der Waals surface area contributed by atoms with E-state index in [1.165, 1.54) is 12.5 Å². The largest absolute Gasteiger partial charge is 0.456 e. The lowest BCUT2D eigenvalue weighted by atomic mass is 10.2. The minimum absolute atomic E-state index is 0.402. The van der Waals surface area contributed by atoms with E-state index >= 15 is 0 Å². The lowest BCUT2D eigenvalue weighted by Gasteiger charge is -2.07. The van der Waals surface area contributed by atoms with E-state index in [-0.39, 0.29) is 0 Å². The molecule has 7 nitrogen and oxygen atoms in total. The molecule has 1 N–H and O–H groups in total. The third-order valence-corrected chi connectivity index (χ3v) is 2.74. The molecule has 0 aromatic carbocycles. The maximum absolute atomic E-state index is 10.2. The van der Waals surface area contributed by atoms with Crippen LogP contribution >= 0.6 is 0 Å². The number of hydrogen-bond acceptors (Lipinski definition) is 6. The Balaban J connectivity index is 1.79. The van der Waals surface area contributed by atoms with Crippen LogP contribution < -0.4 is 10.1 Å². The number of carbonyl (C=O) groups excluding carboxylic acids is 1. The van der Waals surface area contributed by atoms with Crippen molar-refractivity contribution in [3.8, 4) is 22.8 Å². The number of anilines is 1. The van der Waals surface area contributed by atoms with Crippen LogP contribution in [0.4, 0.5) is 5.82 Å². The van der Waals surface area contributed by atoms with Crippen LogP contribution in [0.2, 0.25) is 0 Å². The Morgan fingerprint density at radius 2 is 1.86 bits per heavy atom. The number of nitrogens with one attached hydrogen (secondary N) is 1. The number of hydrogen-bond donors (Lipinski definition) is 1. The van der Waals surface area contributed by atoms with Crippen molar-refractivity contribution in [2.45, 2.75) is 0 Å². The van der Waals surface area contributed by atoms with E-state index in [2.05, 4.69) is 25.3 Å². The zero-order valence-corrected chi connectivity index (χ0v) is 11.3. The van der Waals surface area contributed by atoms with Gasteiger partial charge in [0.05, 0.1) is 11.9 Å². The summed E-state index contributed by atoms with van der Waals surface area (Å²) >= 11 is 0. The standard InChI is InChI=1S/C15H10N5O2/c21-10-20-15-2-1-13(8-19-15)22-12-3-4-18-14(5-12)11-6-16-9-17-7-11/h1-9H,(H,19,20,21). The fraction of sp³-hybridized carbons (Fsp3) is 0. The summed E-state index contributed by atoms with van der Waals surface area (Å²) in [7, 11) is 0. The first-order valence-corrected chi connectivity index (χ1v) is 6.33. The molecule has 22 heavy (non-hydrogen) atoms. The highest BCUT2D eigenvalue weighted by Gasteiger charge is 2.04. The van der Waals surface area contributed by atoms with Gasteiger partial charge in [-0.1, -0.05) is 0 Å². The highest BCUT2D eigenvalue weighted by Crippen LogP contribution is 2.24. The van der Waals surface area contributed by atoms with Crippen molar-refractivity contribution in [1.82, 2.24) is 19.9 Å². The second-order valence-corrected chi connectivity index (χ2v) is 4.21. The molecule has 0 unspecified atom stereocenters. The summed E-state index contributed by atoms with van der Waals surface area (Å²) in [6.45, 7) is 0. The first-order valence-electron chi connectivity index (χ1n) is 6.33. The molecule has 3 rings (SSSR count). The second kappa shape index (κ2) is 6.40. The van der Waals surface area contributed by atoms with Gasteiger partial charge < -0.3 is 10.1 Å². The minimum atomic E-state index is 0.402. The predicted molar refractivity (Wildman–Crippen MR) is 78.9 cm³/mol. The van der Waals surface area contributed by atoms with Crippen molar-refractivity contribution >= 4 is 12.2 Å². The molecule has 0 aliphatic carbocycles. The Labute approximate surface area is 126 Å². The van der Waals surface area contributed by atoms with Gasteiger partial charge in [0.25, 0.3) is 0 Å². The van der Waals surface area contributed by atoms with E-state index in [0.717, 1.165) is 5.56 Å². The average molecular weight is 292 g/mol. The SMILES string of the molecule is O=[C]Nc1ccc(Oc2ccnc(-c3cncnc3)c2)cn1. The van der Waals surface area contributed by atoms with Crippen molar-refractivity contribution < 1.29 is 9.53 Å². The topological polar surface area (TPSA) is 89.9 Å². The molecule has 107 valence electrons. The van der Waals surface area contributed by atoms with Gasteiger partial charge in [-0.25, -0.2) is 15.0 Å². The van der Waals surface area contributed by atoms with Crippen molar-refractivity contribution in [3.05, 3.63) is 55.4 Å². The number of rotatable bonds is 5. The molecular weight excluding hydrogens is 282 g/mol. The summed E-state index contributed by atoms with van der Waals surface area (Å²) < 4.78 is 5.70. The van der Waals surface area contributed by atoms with Gasteiger partial charge in [0.2, 0.25) is 0 Å². The summed E-state index contributed by atoms with van der Waals surface area (Å²) in [6.07, 6.45) is 9.52. The quantitative estimate of drug-likeness (QED) is 0.725. The number of aromatic nitrogens is 4. The molecular formula is C15H10N5O2. The van der Waals surface area contributed by atoms with E-state index in [1.54, 1.807) is 49.3 Å². The number of ether oxygens (including phenoxy) is 1. The number of amides is 1. The molecule has 0 aliphatic rings. The van der Waals surface area contributed by atoms with E-state index in [0.29, 0.717) is 23.0 Å². The fourth-order valence-electron chi connectivity index (χ4n) is 1.77. The Kier molecular flexibility index (Phi) is 3.96. The van der Waals surface area contributed by atoms with Crippen LogP contribution in [-0.4, -0.2) is 26.3 Å². The predicted octanol–water partition coefficient (Wildman–Crippen LogP) is 2.20. The van der Waals surface area contributed by atoms with Crippen molar-refractivity contribution in [1.29, 1.82) is 0 Å². The molecule has 0 bridgehead atoms. The van der Waals surface area contributed by atoms with Gasteiger partial charge in [-0.2, -0.15) is 0 Å². The second-order valence-electron chi connectivity index (χ2n) is 4.21. The molecule has 3 aromatic heterocycles. The molecule has 3 aromatic rings. The van der Waals surface area contributed by atoms with Gasteiger partial charge in [0.1, 0.15) is 23.6 Å². The Morgan fingerprint density at radius 1 is 1.00 bits per heavy atom. The van der Waals surface area contributed by atoms with Gasteiger partial charge in [-0.15, -0.1) is 0 Å². The van der Waals surface area contributed by atoms with E-state index in [9.17, 15) is 4.79 Å². The van der Waals surface area contributed by atoms with E-state index in [4.69, 9.17) is 4.74 Å². The number of pyridine rings is 2. The highest BCUT2D eigenvalue weighted by molar-refractivity contribution is 5.69. The highest BCUT2D eigenvalue weighted by atomic mass is 16.5. The molecule has 7 heteroatoms. The van der Waals surface area contributed by atoms with E-state index in [1.807, 2.05) is 0 Å². The maximum Gasteiger partial charge on any atom is 0.315 e. The summed E-state index contributed by atoms with van der Waals surface area (Å²) in [6, 6.07) is 6.83. The Bertz CT molecular complexity index is 762. The van der Waals surface area contributed by atoms with Crippen LogP contribution in [0.25, 0.3) is 11.3 Å². The molecule has 1 amide bonds. The average Bonchev–Trinajstić information content (AvgIpc) is 2.58. The van der Waals surface area contributed by atoms with Gasteiger partial charge >= 0.3 is 6.41 Å². The van der Waals surface area contributed by atoms with Crippen LogP contribution in [0.5, 0.6) is 11.5 Å². The monoisotopic (exact) mass is 292 g/mol. The first kappa shape index (κ1) is 13.6. The van der Waals surface area contributed by atoms with Crippen LogP contribution in [0.15, 0.2) is 55.4 Å². The smallest absolute Gasteiger partial charge is 0.315 e. The van der Waals surface area contributed by atoms with Crippen LogP contribution in [0.3, 0.4) is 0 Å². The first-order chi connectivity index (χ1) is 10.8. The van der Waals surface area contributed by atoms with Crippen LogP contribution in [0.1, 0.15) is 0 Å². The summed E-state index contributed by atoms with van der Waals surface area (Å²) in [4.78, 5) is 26.4. The summed E-state index contributed by atoms with van der Waals surface area (Å²) in [5.74, 6) is 1.55. The Hall–Kier alpha value is -3.35. The summed E-state index contributed by atoms with van der Waals surface area (Å²) in [5, 5.41) is 2.33. The molecule has 3 heterocycles. The third-order valence-electron chi connectivity index (χ3n) is 2.74. The fourth-order valence-corrected chi connectivity index (χ4v) is 1.77. The molecule has 0 aliphatic heterocycles. The molecule has 0 spiro atoms.